The Labute approximate surface area is 167 Å². The van der Waals surface area contributed by atoms with Crippen LogP contribution in [0.2, 0.25) is 0 Å². The maximum absolute atomic E-state index is 12.7. The van der Waals surface area contributed by atoms with Crippen molar-refractivity contribution in [2.45, 2.75) is 44.2 Å². The molecule has 1 amide bonds. The van der Waals surface area contributed by atoms with Crippen LogP contribution in [0.4, 0.5) is 0 Å². The second kappa shape index (κ2) is 10.2. The summed E-state index contributed by atoms with van der Waals surface area (Å²) in [5, 5.41) is 2.86. The van der Waals surface area contributed by atoms with E-state index in [0.717, 1.165) is 18.4 Å². The van der Waals surface area contributed by atoms with Crippen molar-refractivity contribution in [3.63, 3.8) is 0 Å². The minimum atomic E-state index is -3.61. The number of carbonyl (C=O) groups excluding carboxylic acids is 1. The first-order chi connectivity index (χ1) is 13.3. The van der Waals surface area contributed by atoms with E-state index in [4.69, 9.17) is 4.74 Å². The number of amides is 1. The van der Waals surface area contributed by atoms with Crippen molar-refractivity contribution in [2.24, 2.45) is 0 Å². The summed E-state index contributed by atoms with van der Waals surface area (Å²) in [6.07, 6.45) is 1.91. The zero-order valence-electron chi connectivity index (χ0n) is 16.6. The van der Waals surface area contributed by atoms with Crippen LogP contribution < -0.4 is 10.1 Å². The molecule has 0 unspecified atom stereocenters. The molecule has 0 aromatic heterocycles. The number of ether oxygens (including phenoxy) is 1. The van der Waals surface area contributed by atoms with Crippen LogP contribution in [0.5, 0.6) is 5.75 Å². The minimum Gasteiger partial charge on any atom is -0.484 e. The van der Waals surface area contributed by atoms with Crippen LogP contribution in [0.3, 0.4) is 0 Å². The zero-order valence-corrected chi connectivity index (χ0v) is 17.4. The molecule has 2 aromatic carbocycles. The van der Waals surface area contributed by atoms with Crippen LogP contribution in [0.25, 0.3) is 0 Å². The van der Waals surface area contributed by atoms with Crippen LogP contribution in [0.1, 0.15) is 32.3 Å². The van der Waals surface area contributed by atoms with Gasteiger partial charge in [-0.05, 0) is 43.2 Å². The molecule has 0 spiro atoms. The molecular formula is C21H28N2O4S. The minimum absolute atomic E-state index is 0.103. The number of benzene rings is 2. The molecule has 2 rings (SSSR count). The summed E-state index contributed by atoms with van der Waals surface area (Å²) in [5.41, 5.74) is 0.914. The van der Waals surface area contributed by atoms with Crippen LogP contribution in [-0.4, -0.2) is 38.3 Å². The highest BCUT2D eigenvalue weighted by Crippen LogP contribution is 2.20. The quantitative estimate of drug-likeness (QED) is 0.660. The first-order valence-corrected chi connectivity index (χ1v) is 10.8. The molecule has 0 aliphatic heterocycles. The second-order valence-corrected chi connectivity index (χ2v) is 8.81. The summed E-state index contributed by atoms with van der Waals surface area (Å²) in [5.74, 6) is 0.253. The van der Waals surface area contributed by atoms with E-state index in [1.54, 1.807) is 19.2 Å². The molecule has 0 bridgehead atoms. The molecule has 0 saturated heterocycles. The SMILES string of the molecule is CCC[C@@H](C)NC(=O)COc1ccc(S(=O)(=O)N(C)Cc2ccccc2)cc1. The average molecular weight is 405 g/mol. The van der Waals surface area contributed by atoms with Crippen molar-refractivity contribution < 1.29 is 17.9 Å². The Morgan fingerprint density at radius 1 is 1.11 bits per heavy atom. The fraction of sp³-hybridized carbons (Fsp3) is 0.381. The molecular weight excluding hydrogens is 376 g/mol. The number of hydrogen-bond donors (Lipinski definition) is 1. The predicted octanol–water partition coefficient (Wildman–Crippen LogP) is 3.19. The van der Waals surface area contributed by atoms with E-state index in [9.17, 15) is 13.2 Å². The van der Waals surface area contributed by atoms with E-state index in [1.807, 2.05) is 37.3 Å². The van der Waals surface area contributed by atoms with Gasteiger partial charge in [0, 0.05) is 19.6 Å². The molecule has 0 aliphatic carbocycles. The van der Waals surface area contributed by atoms with Crippen molar-refractivity contribution in [3.8, 4) is 5.75 Å². The van der Waals surface area contributed by atoms with E-state index in [1.165, 1.54) is 16.4 Å². The third kappa shape index (κ3) is 6.35. The monoisotopic (exact) mass is 404 g/mol. The van der Waals surface area contributed by atoms with Gasteiger partial charge >= 0.3 is 0 Å². The van der Waals surface area contributed by atoms with Gasteiger partial charge in [-0.1, -0.05) is 43.7 Å². The highest BCUT2D eigenvalue weighted by molar-refractivity contribution is 7.89. The summed E-state index contributed by atoms with van der Waals surface area (Å²) in [7, 11) is -2.06. The third-order valence-electron chi connectivity index (χ3n) is 4.28. The van der Waals surface area contributed by atoms with Crippen molar-refractivity contribution in [2.75, 3.05) is 13.7 Å². The van der Waals surface area contributed by atoms with E-state index in [-0.39, 0.29) is 30.0 Å². The molecule has 0 radical (unpaired) electrons. The Bertz CT molecular complexity index is 852. The Balaban J connectivity index is 1.94. The second-order valence-electron chi connectivity index (χ2n) is 6.76. The smallest absolute Gasteiger partial charge is 0.258 e. The fourth-order valence-electron chi connectivity index (χ4n) is 2.78. The predicted molar refractivity (Wildman–Crippen MR) is 110 cm³/mol. The number of carbonyl (C=O) groups is 1. The van der Waals surface area contributed by atoms with Gasteiger partial charge in [0.05, 0.1) is 4.90 Å². The first kappa shape index (κ1) is 21.9. The standard InChI is InChI=1S/C21H28N2O4S/c1-4-8-17(2)22-21(24)16-27-19-11-13-20(14-12-19)28(25,26)23(3)15-18-9-6-5-7-10-18/h5-7,9-14,17H,4,8,15-16H2,1-3H3,(H,22,24)/t17-/m1/s1. The van der Waals surface area contributed by atoms with E-state index >= 15 is 0 Å². The maximum atomic E-state index is 12.7. The topological polar surface area (TPSA) is 75.7 Å². The van der Waals surface area contributed by atoms with E-state index in [0.29, 0.717) is 5.75 Å². The van der Waals surface area contributed by atoms with Gasteiger partial charge in [-0.25, -0.2) is 8.42 Å². The molecule has 1 atom stereocenters. The molecule has 1 N–H and O–H groups in total. The van der Waals surface area contributed by atoms with E-state index < -0.39 is 10.0 Å². The molecule has 152 valence electrons. The zero-order chi connectivity index (χ0) is 20.6. The number of sulfonamides is 1. The van der Waals surface area contributed by atoms with Crippen LogP contribution in [0, 0.1) is 0 Å². The van der Waals surface area contributed by atoms with Gasteiger partial charge in [0.25, 0.3) is 5.91 Å². The molecule has 0 aliphatic rings. The van der Waals surface area contributed by atoms with Crippen LogP contribution in [0.15, 0.2) is 59.5 Å². The Morgan fingerprint density at radius 2 is 1.75 bits per heavy atom. The van der Waals surface area contributed by atoms with Crippen molar-refractivity contribution in [1.82, 2.24) is 9.62 Å². The Kier molecular flexibility index (Phi) is 8.02. The van der Waals surface area contributed by atoms with Gasteiger partial charge in [-0.2, -0.15) is 4.31 Å². The summed E-state index contributed by atoms with van der Waals surface area (Å²) >= 11 is 0. The maximum Gasteiger partial charge on any atom is 0.258 e. The van der Waals surface area contributed by atoms with Crippen LogP contribution in [-0.2, 0) is 21.4 Å². The molecule has 2 aromatic rings. The van der Waals surface area contributed by atoms with Gasteiger partial charge in [0.1, 0.15) is 5.75 Å². The lowest BCUT2D eigenvalue weighted by atomic mass is 10.2. The third-order valence-corrected chi connectivity index (χ3v) is 6.10. The van der Waals surface area contributed by atoms with Gasteiger partial charge in [0.2, 0.25) is 10.0 Å². The molecule has 0 heterocycles. The molecule has 0 fully saturated rings. The summed E-state index contributed by atoms with van der Waals surface area (Å²) < 4.78 is 32.2. The van der Waals surface area contributed by atoms with Gasteiger partial charge < -0.3 is 10.1 Å². The first-order valence-electron chi connectivity index (χ1n) is 9.35. The lowest BCUT2D eigenvalue weighted by Gasteiger charge is -2.17. The van der Waals surface area contributed by atoms with Gasteiger partial charge in [0.15, 0.2) is 6.61 Å². The van der Waals surface area contributed by atoms with Crippen molar-refractivity contribution >= 4 is 15.9 Å². The number of nitrogens with one attached hydrogen (secondary N) is 1. The highest BCUT2D eigenvalue weighted by Gasteiger charge is 2.21. The summed E-state index contributed by atoms with van der Waals surface area (Å²) in [6.45, 7) is 4.20. The lowest BCUT2D eigenvalue weighted by Crippen LogP contribution is -2.35. The molecule has 0 saturated carbocycles. The van der Waals surface area contributed by atoms with Crippen molar-refractivity contribution in [3.05, 3.63) is 60.2 Å². The number of hydrogen-bond acceptors (Lipinski definition) is 4. The Hall–Kier alpha value is -2.38. The Morgan fingerprint density at radius 3 is 2.36 bits per heavy atom. The largest absolute Gasteiger partial charge is 0.484 e. The summed E-state index contributed by atoms with van der Waals surface area (Å²) in [6, 6.07) is 15.6. The van der Waals surface area contributed by atoms with Crippen LogP contribution >= 0.6 is 0 Å². The highest BCUT2D eigenvalue weighted by atomic mass is 32.2. The van der Waals surface area contributed by atoms with Gasteiger partial charge in [-0.3, -0.25) is 4.79 Å². The number of nitrogens with zero attached hydrogens (tertiary/aromatic N) is 1. The molecule has 6 nitrogen and oxygen atoms in total. The number of rotatable bonds is 10. The normalized spacial score (nSPS) is 12.6. The molecule has 28 heavy (non-hydrogen) atoms. The average Bonchev–Trinajstić information content (AvgIpc) is 2.67. The van der Waals surface area contributed by atoms with E-state index in [2.05, 4.69) is 12.2 Å². The molecule has 7 heteroatoms. The van der Waals surface area contributed by atoms with Crippen molar-refractivity contribution in [1.29, 1.82) is 0 Å². The fourth-order valence-corrected chi connectivity index (χ4v) is 3.94. The lowest BCUT2D eigenvalue weighted by molar-refractivity contribution is -0.123. The summed E-state index contributed by atoms with van der Waals surface area (Å²) in [4.78, 5) is 12.0. The van der Waals surface area contributed by atoms with Gasteiger partial charge in [-0.15, -0.1) is 0 Å².